The summed E-state index contributed by atoms with van der Waals surface area (Å²) in [7, 11) is 0. The van der Waals surface area contributed by atoms with Crippen molar-refractivity contribution in [3.8, 4) is 0 Å². The van der Waals surface area contributed by atoms with Crippen LogP contribution >= 0.6 is 11.3 Å². The van der Waals surface area contributed by atoms with Crippen LogP contribution in [0.25, 0.3) is 0 Å². The molecule has 2 aromatic rings. The minimum atomic E-state index is -0.367. The highest BCUT2D eigenvalue weighted by molar-refractivity contribution is 7.09. The normalized spacial score (nSPS) is 16.4. The molecule has 0 unspecified atom stereocenters. The topological polar surface area (TPSA) is 87.7 Å². The van der Waals surface area contributed by atoms with Gasteiger partial charge in [0.1, 0.15) is 10.7 Å². The Balaban J connectivity index is 1.83. The molecule has 20 heavy (non-hydrogen) atoms. The van der Waals surface area contributed by atoms with Crippen LogP contribution in [0.5, 0.6) is 0 Å². The van der Waals surface area contributed by atoms with Crippen molar-refractivity contribution in [1.29, 1.82) is 0 Å². The van der Waals surface area contributed by atoms with Crippen molar-refractivity contribution in [2.24, 2.45) is 0 Å². The molecule has 6 nitrogen and oxygen atoms in total. The first-order valence-corrected chi connectivity index (χ1v) is 7.28. The predicted molar refractivity (Wildman–Crippen MR) is 74.7 cm³/mol. The Bertz CT molecular complexity index is 682. The van der Waals surface area contributed by atoms with Gasteiger partial charge in [0.2, 0.25) is 0 Å². The molecule has 1 amide bonds. The van der Waals surface area contributed by atoms with Gasteiger partial charge in [-0.15, -0.1) is 11.3 Å². The fraction of sp³-hybridized carbons (Fsp3) is 0.385. The van der Waals surface area contributed by atoms with Gasteiger partial charge in [-0.1, -0.05) is 0 Å². The lowest BCUT2D eigenvalue weighted by Gasteiger charge is -2.40. The smallest absolute Gasteiger partial charge is 0.272 e. The maximum absolute atomic E-state index is 12.2. The minimum Gasteiger partial charge on any atom is -0.339 e. The highest BCUT2D eigenvalue weighted by Gasteiger charge is 2.42. The quantitative estimate of drug-likeness (QED) is 0.893. The summed E-state index contributed by atoms with van der Waals surface area (Å²) in [6, 6.07) is 2.72. The van der Waals surface area contributed by atoms with E-state index in [-0.39, 0.29) is 22.7 Å². The number of aryl methyl sites for hydroxylation is 1. The van der Waals surface area contributed by atoms with E-state index >= 15 is 0 Å². The number of rotatable bonds is 3. The lowest BCUT2D eigenvalue weighted by Crippen LogP contribution is -2.51. The molecule has 0 atom stereocenters. The standard InChI is InChI=1S/C13H14N4O2S/c1-8-7-20-12(14-8)13(5-2-6-13)15-11(19)9-3-4-10(18)17-16-9/h3-4,7H,2,5-6H2,1H3,(H,15,19)(H,17,18). The average Bonchev–Trinajstić information content (AvgIpc) is 2.81. The first-order chi connectivity index (χ1) is 9.59. The number of H-pyrrole nitrogens is 1. The molecule has 0 spiro atoms. The molecule has 1 saturated carbocycles. The summed E-state index contributed by atoms with van der Waals surface area (Å²) in [5.41, 5.74) is 0.487. The van der Waals surface area contributed by atoms with Crippen LogP contribution in [-0.4, -0.2) is 21.1 Å². The molecular weight excluding hydrogens is 276 g/mol. The molecular formula is C13H14N4O2S. The van der Waals surface area contributed by atoms with Gasteiger partial charge in [0.25, 0.3) is 11.5 Å². The molecule has 0 aromatic carbocycles. The first-order valence-electron chi connectivity index (χ1n) is 6.40. The Labute approximate surface area is 119 Å². The molecule has 0 aliphatic heterocycles. The second-order valence-corrected chi connectivity index (χ2v) is 5.85. The molecule has 1 aliphatic carbocycles. The van der Waals surface area contributed by atoms with Gasteiger partial charge in [-0.2, -0.15) is 5.10 Å². The summed E-state index contributed by atoms with van der Waals surface area (Å²) in [5.74, 6) is -0.284. The van der Waals surface area contributed by atoms with Gasteiger partial charge >= 0.3 is 0 Å². The van der Waals surface area contributed by atoms with Crippen molar-refractivity contribution in [2.45, 2.75) is 31.7 Å². The third kappa shape index (κ3) is 2.24. The van der Waals surface area contributed by atoms with Crippen molar-refractivity contribution < 1.29 is 4.79 Å². The van der Waals surface area contributed by atoms with Gasteiger partial charge in [-0.25, -0.2) is 10.1 Å². The number of carbonyl (C=O) groups is 1. The van der Waals surface area contributed by atoms with Crippen LogP contribution in [-0.2, 0) is 5.54 Å². The third-order valence-corrected chi connectivity index (χ3v) is 4.66. The molecule has 0 radical (unpaired) electrons. The number of hydrogen-bond donors (Lipinski definition) is 2. The number of thiazole rings is 1. The number of nitrogens with zero attached hydrogens (tertiary/aromatic N) is 2. The zero-order valence-electron chi connectivity index (χ0n) is 11.0. The Morgan fingerprint density at radius 2 is 2.25 bits per heavy atom. The molecule has 104 valence electrons. The lowest BCUT2D eigenvalue weighted by molar-refractivity contribution is 0.0816. The van der Waals surface area contributed by atoms with Crippen LogP contribution in [0, 0.1) is 6.92 Å². The Morgan fingerprint density at radius 3 is 2.75 bits per heavy atom. The monoisotopic (exact) mass is 290 g/mol. The Hall–Kier alpha value is -2.02. The van der Waals surface area contributed by atoms with E-state index in [4.69, 9.17) is 0 Å². The van der Waals surface area contributed by atoms with Gasteiger partial charge in [0.05, 0.1) is 5.54 Å². The number of aromatic nitrogens is 3. The summed E-state index contributed by atoms with van der Waals surface area (Å²) >= 11 is 1.57. The zero-order valence-corrected chi connectivity index (χ0v) is 11.8. The van der Waals surface area contributed by atoms with E-state index in [9.17, 15) is 9.59 Å². The molecule has 7 heteroatoms. The van der Waals surface area contributed by atoms with Gasteiger partial charge in [0, 0.05) is 17.1 Å². The number of hydrogen-bond acceptors (Lipinski definition) is 5. The Morgan fingerprint density at radius 1 is 1.45 bits per heavy atom. The molecule has 2 N–H and O–H groups in total. The minimum absolute atomic E-state index is 0.212. The maximum atomic E-state index is 12.2. The molecule has 1 fully saturated rings. The highest BCUT2D eigenvalue weighted by Crippen LogP contribution is 2.42. The molecule has 2 aromatic heterocycles. The largest absolute Gasteiger partial charge is 0.339 e. The second kappa shape index (κ2) is 4.82. The van der Waals surface area contributed by atoms with E-state index in [1.165, 1.54) is 12.1 Å². The fourth-order valence-corrected chi connectivity index (χ4v) is 3.26. The predicted octanol–water partition coefficient (Wildman–Crippen LogP) is 1.34. The van der Waals surface area contributed by atoms with Crippen LogP contribution in [0.4, 0.5) is 0 Å². The van der Waals surface area contributed by atoms with Crippen molar-refractivity contribution in [1.82, 2.24) is 20.5 Å². The van der Waals surface area contributed by atoms with Crippen molar-refractivity contribution in [3.63, 3.8) is 0 Å². The van der Waals surface area contributed by atoms with E-state index in [1.54, 1.807) is 11.3 Å². The summed E-state index contributed by atoms with van der Waals surface area (Å²) in [4.78, 5) is 27.7. The fourth-order valence-electron chi connectivity index (χ4n) is 2.25. The van der Waals surface area contributed by atoms with E-state index in [2.05, 4.69) is 20.5 Å². The summed E-state index contributed by atoms with van der Waals surface area (Å²) < 4.78 is 0. The van der Waals surface area contributed by atoms with E-state index in [0.717, 1.165) is 30.0 Å². The van der Waals surface area contributed by atoms with Crippen LogP contribution in [0.15, 0.2) is 22.3 Å². The van der Waals surface area contributed by atoms with E-state index < -0.39 is 0 Å². The highest BCUT2D eigenvalue weighted by atomic mass is 32.1. The van der Waals surface area contributed by atoms with E-state index in [0.29, 0.717) is 0 Å². The maximum Gasteiger partial charge on any atom is 0.272 e. The number of carbonyl (C=O) groups excluding carboxylic acids is 1. The van der Waals surface area contributed by atoms with Gasteiger partial charge in [0.15, 0.2) is 0 Å². The van der Waals surface area contributed by atoms with E-state index in [1.807, 2.05) is 12.3 Å². The van der Waals surface area contributed by atoms with Crippen LogP contribution < -0.4 is 10.9 Å². The molecule has 0 bridgehead atoms. The van der Waals surface area contributed by atoms with Crippen LogP contribution in [0.3, 0.4) is 0 Å². The van der Waals surface area contributed by atoms with Crippen LogP contribution in [0.1, 0.15) is 40.5 Å². The average molecular weight is 290 g/mol. The number of aromatic amines is 1. The Kier molecular flexibility index (Phi) is 3.13. The third-order valence-electron chi connectivity index (χ3n) is 3.50. The number of amides is 1. The summed E-state index contributed by atoms with van der Waals surface area (Å²) in [6.07, 6.45) is 2.84. The molecule has 1 aliphatic rings. The van der Waals surface area contributed by atoms with Gasteiger partial charge in [-0.05, 0) is 32.3 Å². The van der Waals surface area contributed by atoms with Crippen LogP contribution in [0.2, 0.25) is 0 Å². The SMILES string of the molecule is Cc1csc(C2(NC(=O)c3ccc(=O)[nH]n3)CCC2)n1. The zero-order chi connectivity index (χ0) is 14.2. The van der Waals surface area contributed by atoms with Crippen molar-refractivity contribution >= 4 is 17.2 Å². The second-order valence-electron chi connectivity index (χ2n) is 4.99. The van der Waals surface area contributed by atoms with Gasteiger partial charge in [-0.3, -0.25) is 9.59 Å². The molecule has 2 heterocycles. The summed E-state index contributed by atoms with van der Waals surface area (Å²) in [5, 5.41) is 12.0. The summed E-state index contributed by atoms with van der Waals surface area (Å²) in [6.45, 7) is 1.94. The first kappa shape index (κ1) is 13.0. The molecule has 3 rings (SSSR count). The number of nitrogens with one attached hydrogen (secondary N) is 2. The van der Waals surface area contributed by atoms with Crippen molar-refractivity contribution in [2.75, 3.05) is 0 Å². The lowest BCUT2D eigenvalue weighted by atomic mass is 9.77. The van der Waals surface area contributed by atoms with Gasteiger partial charge < -0.3 is 5.32 Å². The molecule has 0 saturated heterocycles. The van der Waals surface area contributed by atoms with Crippen molar-refractivity contribution in [3.05, 3.63) is 44.3 Å².